The number of amides is 1. The highest BCUT2D eigenvalue weighted by atomic mass is 35.5. The van der Waals surface area contributed by atoms with Crippen LogP contribution in [0.1, 0.15) is 48.4 Å². The molecule has 0 radical (unpaired) electrons. The molecule has 0 spiro atoms. The van der Waals surface area contributed by atoms with E-state index in [1.807, 2.05) is 0 Å². The smallest absolute Gasteiger partial charge is 0.422 e. The fourth-order valence-electron chi connectivity index (χ4n) is 2.75. The molecule has 1 fully saturated rings. The van der Waals surface area contributed by atoms with E-state index in [2.05, 4.69) is 25.2 Å². The van der Waals surface area contributed by atoms with Crippen molar-refractivity contribution in [3.8, 4) is 5.75 Å². The number of aryl methyl sites for hydroxylation is 1. The third-order valence-corrected chi connectivity index (χ3v) is 4.53. The lowest BCUT2D eigenvalue weighted by atomic mass is 9.93. The Kier molecular flexibility index (Phi) is 5.51. The van der Waals surface area contributed by atoms with Gasteiger partial charge in [-0.3, -0.25) is 4.79 Å². The maximum absolute atomic E-state index is 12.7. The molecule has 0 saturated heterocycles. The zero-order valence-electron chi connectivity index (χ0n) is 15.1. The largest absolute Gasteiger partial charge is 0.482 e. The number of hydrogen-bond donors (Lipinski definition) is 1. The molecule has 2 aromatic rings. The molecule has 1 aliphatic carbocycles. The fraction of sp³-hybridized carbons (Fsp3) is 0.529. The second kappa shape index (κ2) is 7.57. The van der Waals surface area contributed by atoms with E-state index >= 15 is 0 Å². The van der Waals surface area contributed by atoms with Crippen molar-refractivity contribution in [2.24, 2.45) is 5.92 Å². The van der Waals surface area contributed by atoms with Crippen LogP contribution in [0, 0.1) is 12.8 Å². The van der Waals surface area contributed by atoms with Crippen molar-refractivity contribution in [2.45, 2.75) is 44.8 Å². The maximum atomic E-state index is 12.7. The van der Waals surface area contributed by atoms with Crippen molar-refractivity contribution in [1.82, 2.24) is 20.4 Å². The number of aromatic nitrogens is 3. The summed E-state index contributed by atoms with van der Waals surface area (Å²) < 4.78 is 46.9. The molecule has 1 saturated carbocycles. The minimum absolute atomic E-state index is 0.129. The minimum Gasteiger partial charge on any atom is -0.482 e. The number of alkyl halides is 3. The number of nitrogens with one attached hydrogen (secondary N) is 1. The molecule has 0 aliphatic heterocycles. The van der Waals surface area contributed by atoms with Gasteiger partial charge in [-0.2, -0.15) is 18.2 Å². The van der Waals surface area contributed by atoms with Crippen molar-refractivity contribution < 1.29 is 27.2 Å². The van der Waals surface area contributed by atoms with Crippen LogP contribution >= 0.6 is 11.6 Å². The summed E-state index contributed by atoms with van der Waals surface area (Å²) >= 11 is 5.82. The van der Waals surface area contributed by atoms with Gasteiger partial charge in [0.15, 0.2) is 12.4 Å². The van der Waals surface area contributed by atoms with Gasteiger partial charge in [-0.1, -0.05) is 29.6 Å². The molecule has 2 aromatic heterocycles. The number of rotatable bonds is 7. The lowest BCUT2D eigenvalue weighted by Gasteiger charge is -2.27. The van der Waals surface area contributed by atoms with E-state index in [1.165, 1.54) is 0 Å². The van der Waals surface area contributed by atoms with E-state index in [0.717, 1.165) is 25.1 Å². The molecule has 1 N–H and O–H groups in total. The van der Waals surface area contributed by atoms with Crippen LogP contribution in [0.2, 0.25) is 5.02 Å². The summed E-state index contributed by atoms with van der Waals surface area (Å²) in [6, 6.07) is 1.07. The van der Waals surface area contributed by atoms with Gasteiger partial charge in [0.1, 0.15) is 22.0 Å². The number of carbonyl (C=O) groups excluding carboxylic acids is 1. The zero-order chi connectivity index (χ0) is 20.5. The average Bonchev–Trinajstić information content (AvgIpc) is 3.29. The van der Waals surface area contributed by atoms with E-state index in [0.29, 0.717) is 24.1 Å². The Balaban J connectivity index is 1.80. The van der Waals surface area contributed by atoms with Crippen LogP contribution in [0.25, 0.3) is 0 Å². The van der Waals surface area contributed by atoms with Gasteiger partial charge in [-0.05, 0) is 19.3 Å². The van der Waals surface area contributed by atoms with Crippen LogP contribution in [0.5, 0.6) is 5.75 Å². The molecule has 0 bridgehead atoms. The number of nitrogens with zero attached hydrogens (tertiary/aromatic N) is 3. The predicted molar refractivity (Wildman–Crippen MR) is 92.0 cm³/mol. The highest BCUT2D eigenvalue weighted by molar-refractivity contribution is 6.32. The predicted octanol–water partition coefficient (Wildman–Crippen LogP) is 3.81. The molecule has 2 heterocycles. The van der Waals surface area contributed by atoms with Gasteiger partial charge >= 0.3 is 6.18 Å². The van der Waals surface area contributed by atoms with Crippen LogP contribution in [-0.4, -0.2) is 33.8 Å². The van der Waals surface area contributed by atoms with Gasteiger partial charge in [0.05, 0.1) is 6.20 Å². The van der Waals surface area contributed by atoms with Crippen LogP contribution in [0.3, 0.4) is 0 Å². The third-order valence-electron chi connectivity index (χ3n) is 4.25. The standard InChI is InChI=1S/C17H18ClF3N4O3/c1-9-23-15(25-28-9)16(2,6-10-3-4-10)24-14(26)12-5-13(11(18)7-22-12)27-8-17(19,20)21/h5,7,10H,3-4,6,8H2,1-2H3,(H,24,26). The van der Waals surface area contributed by atoms with Gasteiger partial charge in [0, 0.05) is 13.0 Å². The number of carbonyl (C=O) groups is 1. The van der Waals surface area contributed by atoms with Gasteiger partial charge in [-0.15, -0.1) is 0 Å². The van der Waals surface area contributed by atoms with E-state index in [4.69, 9.17) is 16.1 Å². The Labute approximate surface area is 163 Å². The van der Waals surface area contributed by atoms with E-state index in [1.54, 1.807) is 13.8 Å². The topological polar surface area (TPSA) is 90.1 Å². The van der Waals surface area contributed by atoms with E-state index in [-0.39, 0.29) is 16.5 Å². The van der Waals surface area contributed by atoms with Crippen molar-refractivity contribution in [1.29, 1.82) is 0 Å². The second-order valence-corrected chi connectivity index (χ2v) is 7.38. The Morgan fingerprint density at radius 3 is 2.71 bits per heavy atom. The van der Waals surface area contributed by atoms with Crippen molar-refractivity contribution in [3.05, 3.63) is 34.7 Å². The molecule has 1 aliphatic rings. The van der Waals surface area contributed by atoms with Gasteiger partial charge < -0.3 is 14.6 Å². The average molecular weight is 419 g/mol. The molecular weight excluding hydrogens is 401 g/mol. The summed E-state index contributed by atoms with van der Waals surface area (Å²) in [6.45, 7) is 1.88. The number of hydrogen-bond acceptors (Lipinski definition) is 6. The summed E-state index contributed by atoms with van der Waals surface area (Å²) in [5, 5.41) is 6.60. The SMILES string of the molecule is Cc1nc(C(C)(CC2CC2)NC(=O)c2cc(OCC(F)(F)F)c(Cl)cn2)no1. The van der Waals surface area contributed by atoms with Crippen molar-refractivity contribution in [3.63, 3.8) is 0 Å². The molecule has 11 heteroatoms. The molecule has 1 amide bonds. The quantitative estimate of drug-likeness (QED) is 0.735. The number of pyridine rings is 1. The molecular formula is C17H18ClF3N4O3. The lowest BCUT2D eigenvalue weighted by Crippen LogP contribution is -2.45. The number of halogens is 4. The first-order chi connectivity index (χ1) is 13.1. The van der Waals surface area contributed by atoms with Crippen molar-refractivity contribution >= 4 is 17.5 Å². The molecule has 1 unspecified atom stereocenters. The van der Waals surface area contributed by atoms with E-state index in [9.17, 15) is 18.0 Å². The summed E-state index contributed by atoms with van der Waals surface area (Å²) in [5.41, 5.74) is -1.05. The Morgan fingerprint density at radius 2 is 2.14 bits per heavy atom. The van der Waals surface area contributed by atoms with Crippen LogP contribution in [-0.2, 0) is 5.54 Å². The second-order valence-electron chi connectivity index (χ2n) is 6.97. The fourth-order valence-corrected chi connectivity index (χ4v) is 2.91. The molecule has 3 rings (SSSR count). The Hall–Kier alpha value is -2.36. The Morgan fingerprint density at radius 1 is 1.43 bits per heavy atom. The zero-order valence-corrected chi connectivity index (χ0v) is 15.9. The first-order valence-corrected chi connectivity index (χ1v) is 8.92. The molecule has 7 nitrogen and oxygen atoms in total. The van der Waals surface area contributed by atoms with Crippen LogP contribution in [0.4, 0.5) is 13.2 Å². The number of ether oxygens (including phenoxy) is 1. The highest BCUT2D eigenvalue weighted by Gasteiger charge is 2.40. The first kappa shape index (κ1) is 20.4. The molecule has 152 valence electrons. The summed E-state index contributed by atoms with van der Waals surface area (Å²) in [6.07, 6.45) is -0.788. The van der Waals surface area contributed by atoms with Crippen molar-refractivity contribution in [2.75, 3.05) is 6.61 Å². The third kappa shape index (κ3) is 5.12. The summed E-state index contributed by atoms with van der Waals surface area (Å²) in [7, 11) is 0. The summed E-state index contributed by atoms with van der Waals surface area (Å²) in [5.74, 6) is 0.219. The molecule has 1 atom stereocenters. The molecule has 28 heavy (non-hydrogen) atoms. The van der Waals surface area contributed by atoms with Crippen LogP contribution in [0.15, 0.2) is 16.8 Å². The maximum Gasteiger partial charge on any atom is 0.422 e. The van der Waals surface area contributed by atoms with Gasteiger partial charge in [0.2, 0.25) is 5.89 Å². The van der Waals surface area contributed by atoms with Gasteiger partial charge in [0.25, 0.3) is 5.91 Å². The highest BCUT2D eigenvalue weighted by Crippen LogP contribution is 2.40. The minimum atomic E-state index is -4.53. The first-order valence-electron chi connectivity index (χ1n) is 8.54. The lowest BCUT2D eigenvalue weighted by molar-refractivity contribution is -0.153. The normalized spacial score (nSPS) is 16.5. The van der Waals surface area contributed by atoms with Gasteiger partial charge in [-0.25, -0.2) is 4.98 Å². The monoisotopic (exact) mass is 418 g/mol. The van der Waals surface area contributed by atoms with Crippen LogP contribution < -0.4 is 10.1 Å². The molecule has 0 aromatic carbocycles. The van der Waals surface area contributed by atoms with E-state index < -0.39 is 24.2 Å². The summed E-state index contributed by atoms with van der Waals surface area (Å²) in [4.78, 5) is 20.8. The Bertz CT molecular complexity index is 870.